The van der Waals surface area contributed by atoms with E-state index in [1.54, 1.807) is 6.92 Å². The number of hydrogen-bond donors (Lipinski definition) is 1. The number of benzene rings is 1. The second-order valence-electron chi connectivity index (χ2n) is 4.12. The molecule has 5 heteroatoms. The Hall–Kier alpha value is -1.10. The van der Waals surface area contributed by atoms with E-state index in [1.807, 2.05) is 6.92 Å². The van der Waals surface area contributed by atoms with Gasteiger partial charge in [-0.25, -0.2) is 4.39 Å². The minimum atomic E-state index is -4.69. The summed E-state index contributed by atoms with van der Waals surface area (Å²) in [6, 6.07) is 2.50. The normalized spacial score (nSPS) is 15.7. The van der Waals surface area contributed by atoms with Gasteiger partial charge in [-0.1, -0.05) is 32.4 Å². The molecule has 0 aliphatic carbocycles. The zero-order valence-electron chi connectivity index (χ0n) is 9.68. The van der Waals surface area contributed by atoms with E-state index in [1.165, 1.54) is 12.1 Å². The number of alkyl halides is 3. The van der Waals surface area contributed by atoms with Crippen molar-refractivity contribution in [2.45, 2.75) is 32.5 Å². The van der Waals surface area contributed by atoms with Gasteiger partial charge in [0.2, 0.25) is 0 Å². The van der Waals surface area contributed by atoms with Crippen molar-refractivity contribution in [2.24, 2.45) is 11.7 Å². The fourth-order valence-electron chi connectivity index (χ4n) is 1.59. The van der Waals surface area contributed by atoms with Crippen LogP contribution in [-0.2, 0) is 6.18 Å². The van der Waals surface area contributed by atoms with E-state index in [9.17, 15) is 17.6 Å². The van der Waals surface area contributed by atoms with Crippen molar-refractivity contribution < 1.29 is 17.6 Å². The monoisotopic (exact) mass is 249 g/mol. The molecule has 1 nitrogen and oxygen atoms in total. The smallest absolute Gasteiger partial charge is 0.324 e. The Bertz CT molecular complexity index is 387. The Morgan fingerprint density at radius 2 is 1.88 bits per heavy atom. The van der Waals surface area contributed by atoms with Crippen molar-refractivity contribution in [3.05, 3.63) is 35.1 Å². The van der Waals surface area contributed by atoms with Gasteiger partial charge < -0.3 is 5.73 Å². The van der Waals surface area contributed by atoms with Gasteiger partial charge in [0.1, 0.15) is 5.82 Å². The highest BCUT2D eigenvalue weighted by Gasteiger charge is 2.35. The van der Waals surface area contributed by atoms with Crippen LogP contribution in [0.2, 0.25) is 0 Å². The van der Waals surface area contributed by atoms with Crippen molar-refractivity contribution in [1.82, 2.24) is 0 Å². The molecule has 0 aliphatic rings. The first-order chi connectivity index (χ1) is 7.79. The second kappa shape index (κ2) is 5.04. The average molecular weight is 249 g/mol. The molecule has 1 rings (SSSR count). The second-order valence-corrected chi connectivity index (χ2v) is 4.12. The van der Waals surface area contributed by atoms with E-state index < -0.39 is 23.6 Å². The molecule has 0 spiro atoms. The molecular weight excluding hydrogens is 234 g/mol. The van der Waals surface area contributed by atoms with E-state index >= 15 is 0 Å². The third-order valence-corrected chi connectivity index (χ3v) is 2.95. The summed E-state index contributed by atoms with van der Waals surface area (Å²) < 4.78 is 51.2. The standard InChI is InChI=1S/C12H15F4N/c1-3-7(2)11(17)8-5-4-6-9(10(8)13)12(14,15)16/h4-7,11H,3,17H2,1-2H3/t7?,11-/m0/s1. The van der Waals surface area contributed by atoms with Gasteiger partial charge in [0.15, 0.2) is 0 Å². The lowest BCUT2D eigenvalue weighted by Crippen LogP contribution is -2.21. The summed E-state index contributed by atoms with van der Waals surface area (Å²) in [4.78, 5) is 0. The molecule has 1 unspecified atom stereocenters. The molecule has 0 radical (unpaired) electrons. The quantitative estimate of drug-likeness (QED) is 0.808. The lowest BCUT2D eigenvalue weighted by Gasteiger charge is -2.20. The predicted octanol–water partition coefficient (Wildman–Crippen LogP) is 3.89. The van der Waals surface area contributed by atoms with E-state index in [2.05, 4.69) is 0 Å². The first kappa shape index (κ1) is 14.0. The van der Waals surface area contributed by atoms with Crippen LogP contribution in [0, 0.1) is 11.7 Å². The molecule has 0 fully saturated rings. The summed E-state index contributed by atoms with van der Waals surface area (Å²) >= 11 is 0. The summed E-state index contributed by atoms with van der Waals surface area (Å²) in [5.41, 5.74) is 4.42. The van der Waals surface area contributed by atoms with Crippen molar-refractivity contribution in [3.8, 4) is 0 Å². The Balaban J connectivity index is 3.19. The van der Waals surface area contributed by atoms with Crippen molar-refractivity contribution >= 4 is 0 Å². The summed E-state index contributed by atoms with van der Waals surface area (Å²) in [6.45, 7) is 3.64. The molecule has 2 atom stereocenters. The summed E-state index contributed by atoms with van der Waals surface area (Å²) in [5, 5.41) is 0. The number of rotatable bonds is 3. The molecular formula is C12H15F4N. The predicted molar refractivity (Wildman–Crippen MR) is 57.8 cm³/mol. The molecule has 0 aromatic heterocycles. The molecule has 0 heterocycles. The molecule has 1 aromatic carbocycles. The van der Waals surface area contributed by atoms with Gasteiger partial charge in [0.05, 0.1) is 5.56 Å². The minimum Gasteiger partial charge on any atom is -0.324 e. The molecule has 0 amide bonds. The molecule has 0 bridgehead atoms. The largest absolute Gasteiger partial charge is 0.419 e. The van der Waals surface area contributed by atoms with E-state index in [-0.39, 0.29) is 11.5 Å². The lowest BCUT2D eigenvalue weighted by molar-refractivity contribution is -0.140. The van der Waals surface area contributed by atoms with Crippen LogP contribution < -0.4 is 5.73 Å². The van der Waals surface area contributed by atoms with Crippen LogP contribution in [0.3, 0.4) is 0 Å². The van der Waals surface area contributed by atoms with Gasteiger partial charge >= 0.3 is 6.18 Å². The first-order valence-electron chi connectivity index (χ1n) is 5.40. The highest BCUT2D eigenvalue weighted by Crippen LogP contribution is 2.34. The maximum atomic E-state index is 13.7. The van der Waals surface area contributed by atoms with Crippen molar-refractivity contribution in [2.75, 3.05) is 0 Å². The molecule has 1 aromatic rings. The van der Waals surface area contributed by atoms with Crippen LogP contribution >= 0.6 is 0 Å². The zero-order valence-corrected chi connectivity index (χ0v) is 9.68. The number of nitrogens with two attached hydrogens (primary N) is 1. The third-order valence-electron chi connectivity index (χ3n) is 2.95. The maximum absolute atomic E-state index is 13.7. The molecule has 0 saturated carbocycles. The Kier molecular flexibility index (Phi) is 4.14. The van der Waals surface area contributed by atoms with Gasteiger partial charge in [0.25, 0.3) is 0 Å². The lowest BCUT2D eigenvalue weighted by atomic mass is 9.92. The third kappa shape index (κ3) is 2.97. The highest BCUT2D eigenvalue weighted by atomic mass is 19.4. The molecule has 17 heavy (non-hydrogen) atoms. The minimum absolute atomic E-state index is 0.0748. The summed E-state index contributed by atoms with van der Waals surface area (Å²) in [6.07, 6.45) is -4.01. The molecule has 2 N–H and O–H groups in total. The first-order valence-corrected chi connectivity index (χ1v) is 5.40. The molecule has 96 valence electrons. The van der Waals surface area contributed by atoms with Crippen LogP contribution in [-0.4, -0.2) is 0 Å². The Morgan fingerprint density at radius 3 is 2.35 bits per heavy atom. The van der Waals surface area contributed by atoms with Crippen LogP contribution in [0.1, 0.15) is 37.4 Å². The summed E-state index contributed by atoms with van der Waals surface area (Å²) in [7, 11) is 0. The highest BCUT2D eigenvalue weighted by molar-refractivity contribution is 5.30. The van der Waals surface area contributed by atoms with Crippen LogP contribution in [0.4, 0.5) is 17.6 Å². The number of halogens is 4. The fraction of sp³-hybridized carbons (Fsp3) is 0.500. The maximum Gasteiger partial charge on any atom is 0.419 e. The van der Waals surface area contributed by atoms with E-state index in [0.29, 0.717) is 6.42 Å². The van der Waals surface area contributed by atoms with Gasteiger partial charge in [-0.05, 0) is 12.0 Å². The Morgan fingerprint density at radius 1 is 1.29 bits per heavy atom. The van der Waals surface area contributed by atoms with Crippen LogP contribution in [0.5, 0.6) is 0 Å². The van der Waals surface area contributed by atoms with E-state index in [4.69, 9.17) is 5.73 Å². The van der Waals surface area contributed by atoms with Crippen LogP contribution in [0.25, 0.3) is 0 Å². The summed E-state index contributed by atoms with van der Waals surface area (Å²) in [5.74, 6) is -1.33. The van der Waals surface area contributed by atoms with Gasteiger partial charge in [-0.2, -0.15) is 13.2 Å². The topological polar surface area (TPSA) is 26.0 Å². The fourth-order valence-corrected chi connectivity index (χ4v) is 1.59. The molecule has 0 saturated heterocycles. The van der Waals surface area contributed by atoms with Gasteiger partial charge in [-0.3, -0.25) is 0 Å². The van der Waals surface area contributed by atoms with Crippen LogP contribution in [0.15, 0.2) is 18.2 Å². The van der Waals surface area contributed by atoms with Crippen molar-refractivity contribution in [3.63, 3.8) is 0 Å². The molecule has 0 aliphatic heterocycles. The average Bonchev–Trinajstić information content (AvgIpc) is 2.25. The number of hydrogen-bond acceptors (Lipinski definition) is 1. The Labute approximate surface area is 97.6 Å². The van der Waals surface area contributed by atoms with Crippen molar-refractivity contribution in [1.29, 1.82) is 0 Å². The van der Waals surface area contributed by atoms with Gasteiger partial charge in [-0.15, -0.1) is 0 Å². The SMILES string of the molecule is CCC(C)[C@H](N)c1cccc(C(F)(F)F)c1F. The van der Waals surface area contributed by atoms with E-state index in [0.717, 1.165) is 6.07 Å². The van der Waals surface area contributed by atoms with Gasteiger partial charge in [0, 0.05) is 11.6 Å². The zero-order chi connectivity index (χ0) is 13.2.